The van der Waals surface area contributed by atoms with Crippen molar-refractivity contribution in [2.24, 2.45) is 5.41 Å². The van der Waals surface area contributed by atoms with Crippen LogP contribution < -0.4 is 5.32 Å². The third-order valence-electron chi connectivity index (χ3n) is 3.66. The van der Waals surface area contributed by atoms with Gasteiger partial charge in [0.25, 0.3) is 5.91 Å². The summed E-state index contributed by atoms with van der Waals surface area (Å²) < 4.78 is 6.82. The van der Waals surface area contributed by atoms with Crippen LogP contribution in [0, 0.1) is 5.41 Å². The molecule has 140 valence electrons. The maximum Gasteiger partial charge on any atom is 0.338 e. The Bertz CT molecular complexity index is 742. The fourth-order valence-electron chi connectivity index (χ4n) is 3.17. The van der Waals surface area contributed by atoms with Gasteiger partial charge in [0.2, 0.25) is 0 Å². The van der Waals surface area contributed by atoms with Crippen molar-refractivity contribution >= 4 is 11.9 Å². The molecule has 0 aliphatic rings. The highest BCUT2D eigenvalue weighted by molar-refractivity contribution is 5.91. The van der Waals surface area contributed by atoms with E-state index in [0.29, 0.717) is 5.56 Å². The molecule has 1 aromatic carbocycles. The van der Waals surface area contributed by atoms with Crippen molar-refractivity contribution in [3.05, 3.63) is 48.3 Å². The predicted molar refractivity (Wildman–Crippen MR) is 100 cm³/mol. The Morgan fingerprint density at radius 2 is 1.77 bits per heavy atom. The van der Waals surface area contributed by atoms with E-state index in [4.69, 9.17) is 4.74 Å². The minimum atomic E-state index is -0.527. The fraction of sp³-hybridized carbons (Fsp3) is 0.450. The van der Waals surface area contributed by atoms with Gasteiger partial charge in [0, 0.05) is 17.9 Å². The molecule has 0 unspecified atom stereocenters. The van der Waals surface area contributed by atoms with Crippen molar-refractivity contribution in [2.45, 2.75) is 46.6 Å². The molecule has 1 N–H and O–H groups in total. The van der Waals surface area contributed by atoms with E-state index < -0.39 is 5.97 Å². The minimum absolute atomic E-state index is 0.0871. The van der Waals surface area contributed by atoms with Gasteiger partial charge in [-0.2, -0.15) is 5.10 Å². The number of nitrogens with one attached hydrogen (secondary N) is 1. The molecule has 0 radical (unpaired) electrons. The third kappa shape index (κ3) is 6.02. The van der Waals surface area contributed by atoms with Crippen LogP contribution in [0.5, 0.6) is 0 Å². The summed E-state index contributed by atoms with van der Waals surface area (Å²) in [7, 11) is 0. The largest absolute Gasteiger partial charge is 0.452 e. The number of rotatable bonds is 6. The molecular weight excluding hydrogens is 330 g/mol. The average molecular weight is 357 g/mol. The summed E-state index contributed by atoms with van der Waals surface area (Å²) in [4.78, 5) is 24.2. The summed E-state index contributed by atoms with van der Waals surface area (Å²) in [5, 5.41) is 7.05. The van der Waals surface area contributed by atoms with Crippen LogP contribution in [0.1, 0.15) is 51.4 Å². The van der Waals surface area contributed by atoms with Gasteiger partial charge >= 0.3 is 5.97 Å². The third-order valence-corrected chi connectivity index (χ3v) is 3.66. The topological polar surface area (TPSA) is 73.2 Å². The van der Waals surface area contributed by atoms with E-state index in [2.05, 4.69) is 31.2 Å². The van der Waals surface area contributed by atoms with Gasteiger partial charge in [-0.3, -0.25) is 4.79 Å². The van der Waals surface area contributed by atoms with E-state index in [9.17, 15) is 9.59 Å². The number of hydrogen-bond acceptors (Lipinski definition) is 4. The zero-order valence-corrected chi connectivity index (χ0v) is 16.1. The predicted octanol–water partition coefficient (Wildman–Crippen LogP) is 3.36. The summed E-state index contributed by atoms with van der Waals surface area (Å²) in [6.07, 6.45) is 4.31. The first kappa shape index (κ1) is 19.7. The maximum atomic E-state index is 12.1. The summed E-state index contributed by atoms with van der Waals surface area (Å²) >= 11 is 0. The van der Waals surface area contributed by atoms with Gasteiger partial charge in [-0.15, -0.1) is 0 Å². The Labute approximate surface area is 154 Å². The Balaban J connectivity index is 1.87. The zero-order valence-electron chi connectivity index (χ0n) is 16.1. The number of hydrogen-bond donors (Lipinski definition) is 1. The first-order chi connectivity index (χ1) is 12.1. The highest BCUT2D eigenvalue weighted by Crippen LogP contribution is 2.26. The molecule has 0 aliphatic carbocycles. The molecule has 26 heavy (non-hydrogen) atoms. The molecule has 1 heterocycles. The molecule has 0 spiro atoms. The first-order valence-corrected chi connectivity index (χ1v) is 8.64. The Hall–Kier alpha value is -2.63. The summed E-state index contributed by atoms with van der Waals surface area (Å²) in [6, 6.07) is 8.68. The second kappa shape index (κ2) is 7.72. The summed E-state index contributed by atoms with van der Waals surface area (Å²) in [5.74, 6) is -0.832. The van der Waals surface area contributed by atoms with Crippen molar-refractivity contribution in [3.63, 3.8) is 0 Å². The summed E-state index contributed by atoms with van der Waals surface area (Å²) in [5.41, 5.74) is 0.951. The van der Waals surface area contributed by atoms with Gasteiger partial charge in [-0.1, -0.05) is 20.8 Å². The van der Waals surface area contributed by atoms with Gasteiger partial charge < -0.3 is 10.1 Å². The molecule has 2 aromatic rings. The molecule has 2 rings (SSSR count). The zero-order chi connectivity index (χ0) is 19.4. The molecule has 0 bridgehead atoms. The lowest BCUT2D eigenvalue weighted by molar-refractivity contribution is -0.126. The van der Waals surface area contributed by atoms with Crippen LogP contribution in [-0.2, 0) is 9.53 Å². The number of benzene rings is 1. The number of nitrogens with zero attached hydrogens (tertiary/aromatic N) is 2. The molecule has 0 fully saturated rings. The molecule has 0 saturated carbocycles. The number of ether oxygens (including phenoxy) is 1. The van der Waals surface area contributed by atoms with Crippen LogP contribution in [0.4, 0.5) is 0 Å². The number of carbonyl (C=O) groups is 2. The minimum Gasteiger partial charge on any atom is -0.452 e. The summed E-state index contributed by atoms with van der Waals surface area (Å²) in [6.45, 7) is 9.99. The van der Waals surface area contributed by atoms with Crippen molar-refractivity contribution in [3.8, 4) is 5.69 Å². The lowest BCUT2D eigenvalue weighted by Crippen LogP contribution is -2.47. The quantitative estimate of drug-likeness (QED) is 0.805. The molecule has 6 nitrogen and oxygen atoms in total. The molecule has 0 atom stereocenters. The second-order valence-electron chi connectivity index (χ2n) is 8.24. The Kier molecular flexibility index (Phi) is 5.85. The van der Waals surface area contributed by atoms with Crippen molar-refractivity contribution in [1.82, 2.24) is 15.1 Å². The standard InChI is InChI=1S/C20H27N3O3/c1-19(2,3)14-20(4,5)22-17(24)13-26-18(25)15-7-9-16(10-8-15)23-12-6-11-21-23/h6-12H,13-14H2,1-5H3,(H,22,24). The van der Waals surface area contributed by atoms with Gasteiger partial charge in [0.05, 0.1) is 11.3 Å². The van der Waals surface area contributed by atoms with Gasteiger partial charge in [0.15, 0.2) is 6.61 Å². The van der Waals surface area contributed by atoms with E-state index in [1.807, 2.05) is 26.1 Å². The van der Waals surface area contributed by atoms with Crippen LogP contribution in [-0.4, -0.2) is 33.8 Å². The second-order valence-corrected chi connectivity index (χ2v) is 8.24. The lowest BCUT2D eigenvalue weighted by Gasteiger charge is -2.33. The Morgan fingerprint density at radius 3 is 2.31 bits per heavy atom. The van der Waals surface area contributed by atoms with Crippen LogP contribution in [0.3, 0.4) is 0 Å². The lowest BCUT2D eigenvalue weighted by atomic mass is 9.82. The van der Waals surface area contributed by atoms with Crippen molar-refractivity contribution in [2.75, 3.05) is 6.61 Å². The van der Waals surface area contributed by atoms with Crippen LogP contribution in [0.25, 0.3) is 5.69 Å². The van der Waals surface area contributed by atoms with Gasteiger partial charge in [-0.25, -0.2) is 9.48 Å². The van der Waals surface area contributed by atoms with Crippen LogP contribution >= 0.6 is 0 Å². The van der Waals surface area contributed by atoms with Crippen molar-refractivity contribution < 1.29 is 14.3 Å². The molecular formula is C20H27N3O3. The average Bonchev–Trinajstić information content (AvgIpc) is 3.04. The maximum absolute atomic E-state index is 12.1. The van der Waals surface area contributed by atoms with Gasteiger partial charge in [0.1, 0.15) is 0 Å². The van der Waals surface area contributed by atoms with E-state index >= 15 is 0 Å². The highest BCUT2D eigenvalue weighted by atomic mass is 16.5. The SMILES string of the molecule is CC(C)(C)CC(C)(C)NC(=O)COC(=O)c1ccc(-n2cccn2)cc1. The van der Waals surface area contributed by atoms with Crippen LogP contribution in [0.15, 0.2) is 42.7 Å². The number of amides is 1. The van der Waals surface area contributed by atoms with E-state index in [0.717, 1.165) is 12.1 Å². The van der Waals surface area contributed by atoms with Crippen LogP contribution in [0.2, 0.25) is 0 Å². The number of aromatic nitrogens is 2. The van der Waals surface area contributed by atoms with E-state index in [1.165, 1.54) is 0 Å². The molecule has 6 heteroatoms. The number of carbonyl (C=O) groups excluding carboxylic acids is 2. The highest BCUT2D eigenvalue weighted by Gasteiger charge is 2.27. The molecule has 1 aromatic heterocycles. The molecule has 0 aliphatic heterocycles. The number of esters is 1. The molecule has 0 saturated heterocycles. The Morgan fingerprint density at radius 1 is 1.12 bits per heavy atom. The molecule has 1 amide bonds. The van der Waals surface area contributed by atoms with E-state index in [1.54, 1.807) is 35.1 Å². The first-order valence-electron chi connectivity index (χ1n) is 8.64. The van der Waals surface area contributed by atoms with Crippen molar-refractivity contribution in [1.29, 1.82) is 0 Å². The fourth-order valence-corrected chi connectivity index (χ4v) is 3.17. The monoisotopic (exact) mass is 357 g/mol. The van der Waals surface area contributed by atoms with Gasteiger partial charge in [-0.05, 0) is 56.0 Å². The normalized spacial score (nSPS) is 11.9. The van der Waals surface area contributed by atoms with E-state index in [-0.39, 0.29) is 23.5 Å². The smallest absolute Gasteiger partial charge is 0.338 e.